The van der Waals surface area contributed by atoms with E-state index in [1.807, 2.05) is 0 Å². The molecule has 0 fully saturated rings. The summed E-state index contributed by atoms with van der Waals surface area (Å²) in [5, 5.41) is 34.9. The summed E-state index contributed by atoms with van der Waals surface area (Å²) in [6.45, 7) is 0. The Labute approximate surface area is 398 Å². The molecular formula is C52H25F6N7. The van der Waals surface area contributed by atoms with E-state index < -0.39 is 233 Å². The van der Waals surface area contributed by atoms with Gasteiger partial charge in [-0.15, -0.1) is 0 Å². The number of fused-ring (bicyclic) bond motifs is 9. The predicted molar refractivity (Wildman–Crippen MR) is 236 cm³/mol. The lowest BCUT2D eigenvalue weighted by molar-refractivity contribution is 0.429. The van der Waals surface area contributed by atoms with Gasteiger partial charge in [-0.3, -0.25) is 0 Å². The molecule has 65 heavy (non-hydrogen) atoms. The second-order valence-electron chi connectivity index (χ2n) is 12.7. The highest BCUT2D eigenvalue weighted by molar-refractivity contribution is 6.11. The zero-order chi connectivity index (χ0) is 66.4. The van der Waals surface area contributed by atoms with Crippen LogP contribution >= 0.6 is 0 Å². The van der Waals surface area contributed by atoms with E-state index in [-0.39, 0.29) is 46.0 Å². The molecule has 0 aliphatic carbocycles. The minimum Gasteiger partial charge on any atom is -0.355 e. The van der Waals surface area contributed by atoms with Crippen molar-refractivity contribution in [2.45, 2.75) is 0 Å². The van der Waals surface area contributed by atoms with Crippen molar-refractivity contribution >= 4 is 65.4 Å². The maximum absolute atomic E-state index is 18.0. The third-order valence-electron chi connectivity index (χ3n) is 9.43. The van der Waals surface area contributed by atoms with Gasteiger partial charge in [-0.05, 0) is 36.3 Å². The van der Waals surface area contributed by atoms with Crippen LogP contribution in [0.25, 0.3) is 76.8 Å². The quantitative estimate of drug-likeness (QED) is 0.106. The van der Waals surface area contributed by atoms with Crippen LogP contribution in [0.4, 0.5) is 26.3 Å². The molecule has 3 aromatic heterocycles. The number of nitriles is 4. The lowest BCUT2D eigenvalue weighted by atomic mass is 10.0. The number of aromatic amines is 1. The van der Waals surface area contributed by atoms with Gasteiger partial charge in [0.15, 0.2) is 34.9 Å². The second kappa shape index (κ2) is 16.5. The maximum atomic E-state index is 18.0. The third-order valence-corrected chi connectivity index (χ3v) is 9.43. The Morgan fingerprint density at radius 1 is 0.338 bits per heavy atom. The summed E-state index contributed by atoms with van der Waals surface area (Å²) in [6.07, 6.45) is 0. The largest absolute Gasteiger partial charge is 0.355 e. The highest BCUT2D eigenvalue weighted by atomic mass is 19.2. The molecule has 0 bridgehead atoms. The number of benzene rings is 8. The SMILES string of the molecule is N#Cc1c(F)c(F)c(F)c(C#N)c1F.[2H]c1c([2H])c([2H])c2c([nH]c3c([2H])c([2H])c([2H])c([2H])c32)c1[2H].[2H]c1c([2H])c([2H])c2c(c1[2H])c1c([2H])c([2H])c([2H])c([2H])c1n2-c1c(F)c(-n2c3c([2H])c([2H])c([2H])c([2H])c3c3c([2H])c([2H])c([2H])c([2H])c32)c(C#N)c(F)c1C#N. The summed E-state index contributed by atoms with van der Waals surface area (Å²) in [5.41, 5.74) is -10.5. The van der Waals surface area contributed by atoms with E-state index in [0.717, 1.165) is 12.1 Å². The monoisotopic (exact) mass is 885 g/mol. The number of rotatable bonds is 2. The zero-order valence-corrected chi connectivity index (χ0v) is 31.5. The molecule has 3 heterocycles. The molecule has 11 rings (SSSR count). The highest BCUT2D eigenvalue weighted by Gasteiger charge is 2.31. The van der Waals surface area contributed by atoms with Crippen LogP contribution in [0.1, 0.15) is 55.2 Å². The first kappa shape index (κ1) is 21.7. The fourth-order valence-electron chi connectivity index (χ4n) is 6.72. The van der Waals surface area contributed by atoms with Crippen LogP contribution in [-0.4, -0.2) is 14.1 Å². The van der Waals surface area contributed by atoms with Crippen LogP contribution in [-0.2, 0) is 0 Å². The molecule has 0 amide bonds. The number of nitrogens with one attached hydrogen (secondary N) is 1. The van der Waals surface area contributed by atoms with Crippen molar-refractivity contribution in [1.82, 2.24) is 14.1 Å². The van der Waals surface area contributed by atoms with Gasteiger partial charge in [0, 0.05) is 43.4 Å². The van der Waals surface area contributed by atoms with E-state index in [1.165, 1.54) is 12.1 Å². The first-order valence-electron chi connectivity index (χ1n) is 29.6. The van der Waals surface area contributed by atoms with Gasteiger partial charge in [0.25, 0.3) is 0 Å². The van der Waals surface area contributed by atoms with Gasteiger partial charge < -0.3 is 14.1 Å². The summed E-state index contributed by atoms with van der Waals surface area (Å²) in [7, 11) is 0. The molecule has 13 heteroatoms. The molecule has 0 aliphatic heterocycles. The zero-order valence-electron chi connectivity index (χ0n) is 55.5. The predicted octanol–water partition coefficient (Wildman–Crippen LogP) is 13.2. The summed E-state index contributed by atoms with van der Waals surface area (Å²) < 4.78 is 285. The Morgan fingerprint density at radius 2 is 0.615 bits per heavy atom. The average molecular weight is 886 g/mol. The van der Waals surface area contributed by atoms with Crippen LogP contribution in [0.5, 0.6) is 0 Å². The molecule has 7 nitrogen and oxygen atoms in total. The molecular weight excluding hydrogens is 837 g/mol. The molecule has 0 saturated heterocycles. The van der Waals surface area contributed by atoms with Gasteiger partial charge in [-0.1, -0.05) is 109 Å². The number of halogens is 6. The highest BCUT2D eigenvalue weighted by Crippen LogP contribution is 2.41. The maximum Gasteiger partial charge on any atom is 0.197 e. The van der Waals surface area contributed by atoms with Crippen LogP contribution in [0.2, 0.25) is 0 Å². The summed E-state index contributed by atoms with van der Waals surface area (Å²) >= 11 is 0. The van der Waals surface area contributed by atoms with E-state index in [1.54, 1.807) is 0 Å². The smallest absolute Gasteiger partial charge is 0.197 e. The van der Waals surface area contributed by atoms with E-state index >= 15 is 8.78 Å². The van der Waals surface area contributed by atoms with Gasteiger partial charge in [-0.2, -0.15) is 21.0 Å². The number of hydrogen-bond donors (Lipinski definition) is 1. The normalized spacial score (nSPS) is 16.0. The third kappa shape index (κ3) is 6.52. The molecule has 1 N–H and O–H groups in total. The molecule has 0 spiro atoms. The van der Waals surface area contributed by atoms with Crippen molar-refractivity contribution in [2.75, 3.05) is 0 Å². The topological polar surface area (TPSA) is 121 Å². The lowest BCUT2D eigenvalue weighted by Gasteiger charge is -2.18. The standard InChI is InChI=1S/C32H16F2N4.C12H9N.C8F4N2/c33-29-23(17-35)31(37-25-13-5-1-9-19(25)20-10-2-6-14-26(20)37)30(34)32(24(29)18-36)38-27-15-7-3-11-21(27)22-12-4-8-16-28(22)38;1-3-7-11-9(5-1)10-6-2-4-8-12(10)13-11;9-5-3(1-13)6(10)8(12)7(11)4(5)2-14/h1-16H;1-8,13H;/i1D,2D,3D,4D,5D,6D,7D,8D,9D,10D,11D,12D,13D,14D,15D,16D;1D,2D,3D,4D,5D,6D,7D,8D;. The molecule has 11 aromatic rings. The molecule has 0 atom stereocenters. The number of H-pyrrole nitrogens is 1. The Morgan fingerprint density at radius 3 is 0.938 bits per heavy atom. The van der Waals surface area contributed by atoms with E-state index in [9.17, 15) is 28.1 Å². The first-order valence-corrected chi connectivity index (χ1v) is 17.6. The number of aromatic nitrogens is 3. The fourth-order valence-corrected chi connectivity index (χ4v) is 6.72. The molecule has 0 unspecified atom stereocenters. The average Bonchev–Trinajstić information content (AvgIpc) is 1.57. The van der Waals surface area contributed by atoms with Crippen molar-refractivity contribution < 1.29 is 59.2 Å². The fraction of sp³-hybridized carbons (Fsp3) is 0. The summed E-state index contributed by atoms with van der Waals surface area (Å²) in [6, 6.07) is -12.4. The van der Waals surface area contributed by atoms with Crippen molar-refractivity contribution in [2.24, 2.45) is 0 Å². The van der Waals surface area contributed by atoms with Crippen molar-refractivity contribution in [3.8, 4) is 35.7 Å². The van der Waals surface area contributed by atoms with Gasteiger partial charge >= 0.3 is 0 Å². The minimum atomic E-state index is -2.03. The van der Waals surface area contributed by atoms with Gasteiger partial charge in [0.2, 0.25) is 0 Å². The number of nitrogens with zero attached hydrogens (tertiary/aromatic N) is 6. The number of para-hydroxylation sites is 6. The van der Waals surface area contributed by atoms with E-state index in [2.05, 4.69) is 4.98 Å². The number of hydrogen-bond acceptors (Lipinski definition) is 4. The minimum absolute atomic E-state index is 0.0861. The van der Waals surface area contributed by atoms with Gasteiger partial charge in [0.1, 0.15) is 57.9 Å². The van der Waals surface area contributed by atoms with E-state index in [4.69, 9.17) is 43.4 Å². The Bertz CT molecular complexity index is 4880. The summed E-state index contributed by atoms with van der Waals surface area (Å²) in [5.74, 6) is -11.2. The Balaban J connectivity index is 0.000000217. The Kier molecular flexibility index (Phi) is 5.51. The molecule has 310 valence electrons. The molecule has 0 saturated carbocycles. The molecule has 0 aliphatic rings. The second-order valence-corrected chi connectivity index (χ2v) is 12.7. The lowest BCUT2D eigenvalue weighted by Crippen LogP contribution is -2.12. The van der Waals surface area contributed by atoms with Gasteiger partial charge in [-0.25, -0.2) is 26.3 Å². The van der Waals surface area contributed by atoms with Crippen molar-refractivity contribution in [3.63, 3.8) is 0 Å². The van der Waals surface area contributed by atoms with Crippen LogP contribution in [0, 0.1) is 80.2 Å². The molecule has 8 aromatic carbocycles. The van der Waals surface area contributed by atoms with Crippen LogP contribution in [0.3, 0.4) is 0 Å². The Hall–Kier alpha value is -9.30. The first-order chi connectivity index (χ1) is 41.6. The van der Waals surface area contributed by atoms with Crippen molar-refractivity contribution in [1.29, 1.82) is 21.0 Å². The van der Waals surface area contributed by atoms with Gasteiger partial charge in [0.05, 0.1) is 55.0 Å². The van der Waals surface area contributed by atoms with E-state index in [0.29, 0.717) is 9.13 Å². The van der Waals surface area contributed by atoms with Crippen LogP contribution < -0.4 is 0 Å². The van der Waals surface area contributed by atoms with Crippen LogP contribution in [0.15, 0.2) is 145 Å². The molecule has 0 radical (unpaired) electrons. The summed E-state index contributed by atoms with van der Waals surface area (Å²) in [4.78, 5) is 2.71. The van der Waals surface area contributed by atoms with Crippen molar-refractivity contribution in [3.05, 3.63) is 202 Å².